The average Bonchev–Trinajstić information content (AvgIpc) is 2.10. The summed E-state index contributed by atoms with van der Waals surface area (Å²) in [5.41, 5.74) is 11.2. The van der Waals surface area contributed by atoms with Crippen LogP contribution < -0.4 is 11.5 Å². The van der Waals surface area contributed by atoms with E-state index >= 15 is 0 Å². The van der Waals surface area contributed by atoms with Crippen molar-refractivity contribution in [2.24, 2.45) is 16.5 Å². The topological polar surface area (TPSA) is 84.6 Å². The van der Waals surface area contributed by atoms with E-state index in [-0.39, 0.29) is 24.8 Å². The van der Waals surface area contributed by atoms with Gasteiger partial charge in [-0.3, -0.25) is 0 Å². The van der Waals surface area contributed by atoms with E-state index in [0.29, 0.717) is 11.3 Å². The van der Waals surface area contributed by atoms with Gasteiger partial charge in [0.1, 0.15) is 5.82 Å². The monoisotopic (exact) mass is 197 g/mol. The van der Waals surface area contributed by atoms with E-state index in [2.05, 4.69) is 4.99 Å². The maximum Gasteiger partial charge on any atom is 0.191 e. The highest BCUT2D eigenvalue weighted by molar-refractivity contribution is 5.79. The first-order valence-electron chi connectivity index (χ1n) is 4.12. The van der Waals surface area contributed by atoms with E-state index in [0.717, 1.165) is 0 Å². The molecule has 5 N–H and O–H groups in total. The number of hydrogen-bond acceptors (Lipinski definition) is 2. The van der Waals surface area contributed by atoms with Gasteiger partial charge in [0, 0.05) is 6.61 Å². The van der Waals surface area contributed by atoms with Crippen LogP contribution in [0.25, 0.3) is 0 Å². The van der Waals surface area contributed by atoms with E-state index in [1.807, 2.05) is 0 Å². The van der Waals surface area contributed by atoms with Crippen molar-refractivity contribution in [2.45, 2.75) is 6.42 Å². The van der Waals surface area contributed by atoms with E-state index in [1.54, 1.807) is 0 Å². The van der Waals surface area contributed by atoms with Crippen LogP contribution in [0, 0.1) is 5.82 Å². The molecule has 0 saturated heterocycles. The maximum atomic E-state index is 13.1. The largest absolute Gasteiger partial charge is 0.396 e. The number of benzene rings is 1. The molecule has 0 spiro atoms. The Morgan fingerprint density at radius 2 is 2.14 bits per heavy atom. The molecule has 14 heavy (non-hydrogen) atoms. The third-order valence-corrected chi connectivity index (χ3v) is 1.67. The van der Waals surface area contributed by atoms with Gasteiger partial charge >= 0.3 is 0 Å². The number of nitrogens with two attached hydrogens (primary N) is 2. The molecular formula is C9H12FN3O. The molecule has 0 radical (unpaired) electrons. The van der Waals surface area contributed by atoms with Crippen LogP contribution in [0.1, 0.15) is 5.56 Å². The Balaban J connectivity index is 3.00. The lowest BCUT2D eigenvalue weighted by Gasteiger charge is -2.02. The Morgan fingerprint density at radius 3 is 2.71 bits per heavy atom. The van der Waals surface area contributed by atoms with E-state index < -0.39 is 0 Å². The summed E-state index contributed by atoms with van der Waals surface area (Å²) in [6.07, 6.45) is 0.250. The predicted octanol–water partition coefficient (Wildman–Crippen LogP) is 0.265. The minimum absolute atomic E-state index is 0.0773. The molecular weight excluding hydrogens is 185 g/mol. The van der Waals surface area contributed by atoms with Crippen LogP contribution in [0.4, 0.5) is 10.1 Å². The third-order valence-electron chi connectivity index (χ3n) is 1.67. The number of aliphatic imine (C=N–C) groups is 1. The standard InChI is InChI=1S/C9H12FN3O/c10-8-2-1-7(13-9(11)12)5-6(8)3-4-14/h1-2,5,14H,3-4H2,(H4,11,12,13). The molecule has 4 nitrogen and oxygen atoms in total. The van der Waals surface area contributed by atoms with Crippen molar-refractivity contribution in [3.05, 3.63) is 29.6 Å². The molecule has 0 amide bonds. The molecule has 0 bridgehead atoms. The summed E-state index contributed by atoms with van der Waals surface area (Å²) in [5, 5.41) is 8.67. The van der Waals surface area contributed by atoms with Gasteiger partial charge < -0.3 is 16.6 Å². The number of halogens is 1. The first-order valence-corrected chi connectivity index (χ1v) is 4.12. The van der Waals surface area contributed by atoms with Crippen molar-refractivity contribution in [3.63, 3.8) is 0 Å². The molecule has 0 atom stereocenters. The molecule has 0 aliphatic rings. The summed E-state index contributed by atoms with van der Waals surface area (Å²) in [6.45, 7) is -0.109. The number of aliphatic hydroxyl groups excluding tert-OH is 1. The van der Waals surface area contributed by atoms with Crippen molar-refractivity contribution < 1.29 is 9.50 Å². The van der Waals surface area contributed by atoms with Gasteiger partial charge in [-0.1, -0.05) is 0 Å². The Bertz CT molecular complexity index is 348. The number of hydrogen-bond donors (Lipinski definition) is 3. The molecule has 0 aromatic heterocycles. The number of guanidine groups is 1. The summed E-state index contributed by atoms with van der Waals surface area (Å²) >= 11 is 0. The molecule has 0 unspecified atom stereocenters. The van der Waals surface area contributed by atoms with Gasteiger partial charge in [0.2, 0.25) is 0 Å². The molecule has 5 heteroatoms. The van der Waals surface area contributed by atoms with Gasteiger partial charge in [-0.25, -0.2) is 9.38 Å². The number of nitrogens with zero attached hydrogens (tertiary/aromatic N) is 1. The highest BCUT2D eigenvalue weighted by atomic mass is 19.1. The van der Waals surface area contributed by atoms with Crippen molar-refractivity contribution in [3.8, 4) is 0 Å². The lowest BCUT2D eigenvalue weighted by Crippen LogP contribution is -2.21. The lowest BCUT2D eigenvalue weighted by molar-refractivity contribution is 0.297. The van der Waals surface area contributed by atoms with Crippen LogP contribution in [0.5, 0.6) is 0 Å². The second-order valence-electron chi connectivity index (χ2n) is 2.79. The molecule has 1 aromatic rings. The first kappa shape index (κ1) is 10.5. The summed E-state index contributed by atoms with van der Waals surface area (Å²) in [7, 11) is 0. The molecule has 1 rings (SSSR count). The molecule has 0 heterocycles. The summed E-state index contributed by atoms with van der Waals surface area (Å²) < 4.78 is 13.1. The molecule has 0 aliphatic heterocycles. The van der Waals surface area contributed by atoms with Crippen molar-refractivity contribution in [2.75, 3.05) is 6.61 Å². The molecule has 76 valence electrons. The van der Waals surface area contributed by atoms with E-state index in [9.17, 15) is 4.39 Å². The Morgan fingerprint density at radius 1 is 1.43 bits per heavy atom. The number of rotatable bonds is 3. The zero-order valence-electron chi connectivity index (χ0n) is 7.57. The summed E-state index contributed by atoms with van der Waals surface area (Å²) in [5.74, 6) is -0.444. The number of aliphatic hydroxyl groups is 1. The maximum absolute atomic E-state index is 13.1. The Kier molecular flexibility index (Phi) is 3.41. The second kappa shape index (κ2) is 4.57. The highest BCUT2D eigenvalue weighted by Crippen LogP contribution is 2.17. The highest BCUT2D eigenvalue weighted by Gasteiger charge is 2.02. The summed E-state index contributed by atoms with van der Waals surface area (Å²) in [6, 6.07) is 4.24. The van der Waals surface area contributed by atoms with Crippen LogP contribution in [0.2, 0.25) is 0 Å². The van der Waals surface area contributed by atoms with Gasteiger partial charge in [0.15, 0.2) is 5.96 Å². The predicted molar refractivity (Wildman–Crippen MR) is 52.7 cm³/mol. The Labute approximate surface area is 81.1 Å². The molecule has 0 saturated carbocycles. The quantitative estimate of drug-likeness (QED) is 0.480. The van der Waals surface area contributed by atoms with Crippen LogP contribution in [-0.2, 0) is 6.42 Å². The minimum Gasteiger partial charge on any atom is -0.396 e. The fourth-order valence-corrected chi connectivity index (χ4v) is 1.09. The van der Waals surface area contributed by atoms with Crippen molar-refractivity contribution in [1.82, 2.24) is 0 Å². The molecule has 0 aliphatic carbocycles. The second-order valence-corrected chi connectivity index (χ2v) is 2.79. The first-order chi connectivity index (χ1) is 6.63. The fourth-order valence-electron chi connectivity index (χ4n) is 1.09. The molecule has 1 aromatic carbocycles. The SMILES string of the molecule is NC(N)=Nc1ccc(F)c(CCO)c1. The van der Waals surface area contributed by atoms with Gasteiger partial charge in [-0.2, -0.15) is 0 Å². The van der Waals surface area contributed by atoms with Crippen LogP contribution in [0.3, 0.4) is 0 Å². The smallest absolute Gasteiger partial charge is 0.191 e. The van der Waals surface area contributed by atoms with Gasteiger partial charge in [-0.05, 0) is 30.2 Å². The van der Waals surface area contributed by atoms with Gasteiger partial charge in [0.25, 0.3) is 0 Å². The van der Waals surface area contributed by atoms with Crippen LogP contribution >= 0.6 is 0 Å². The van der Waals surface area contributed by atoms with Crippen molar-refractivity contribution >= 4 is 11.6 Å². The fraction of sp³-hybridized carbons (Fsp3) is 0.222. The molecule has 0 fully saturated rings. The normalized spacial score (nSPS) is 9.86. The zero-order chi connectivity index (χ0) is 10.6. The van der Waals surface area contributed by atoms with Gasteiger partial charge in [-0.15, -0.1) is 0 Å². The van der Waals surface area contributed by atoms with E-state index in [4.69, 9.17) is 16.6 Å². The summed E-state index contributed by atoms with van der Waals surface area (Å²) in [4.78, 5) is 3.77. The zero-order valence-corrected chi connectivity index (χ0v) is 7.57. The lowest BCUT2D eigenvalue weighted by atomic mass is 10.1. The Hall–Kier alpha value is -1.62. The van der Waals surface area contributed by atoms with Crippen molar-refractivity contribution in [1.29, 1.82) is 0 Å². The third kappa shape index (κ3) is 2.70. The average molecular weight is 197 g/mol. The van der Waals surface area contributed by atoms with E-state index in [1.165, 1.54) is 18.2 Å². The van der Waals surface area contributed by atoms with Crippen LogP contribution in [0.15, 0.2) is 23.2 Å². The van der Waals surface area contributed by atoms with Gasteiger partial charge in [0.05, 0.1) is 5.69 Å². The minimum atomic E-state index is -0.367. The van der Waals surface area contributed by atoms with Crippen LogP contribution in [-0.4, -0.2) is 17.7 Å².